The monoisotopic (exact) mass is 294 g/mol. The lowest BCUT2D eigenvalue weighted by molar-refractivity contribution is -0.121. The summed E-state index contributed by atoms with van der Waals surface area (Å²) < 4.78 is 27.8. The summed E-state index contributed by atoms with van der Waals surface area (Å²) in [4.78, 5) is 11.9. The van der Waals surface area contributed by atoms with Crippen molar-refractivity contribution in [2.24, 2.45) is 0 Å². The Kier molecular flexibility index (Phi) is 3.21. The number of nitrogens with one attached hydrogen (secondary N) is 1. The Morgan fingerprint density at radius 1 is 1.40 bits per heavy atom. The molecular weight excluding hydrogens is 280 g/mol. The third-order valence-corrected chi connectivity index (χ3v) is 5.15. The number of sulfone groups is 1. The summed E-state index contributed by atoms with van der Waals surface area (Å²) in [6.45, 7) is 0. The van der Waals surface area contributed by atoms with Crippen LogP contribution < -0.4 is 5.32 Å². The zero-order valence-electron chi connectivity index (χ0n) is 10.7. The summed E-state index contributed by atoms with van der Waals surface area (Å²) in [6, 6.07) is 7.03. The van der Waals surface area contributed by atoms with Gasteiger partial charge in [-0.2, -0.15) is 0 Å². The minimum atomic E-state index is -2.99. The van der Waals surface area contributed by atoms with Gasteiger partial charge in [0.15, 0.2) is 15.4 Å². The second-order valence-corrected chi connectivity index (χ2v) is 7.20. The normalized spacial score (nSPS) is 21.1. The first kappa shape index (κ1) is 13.1. The van der Waals surface area contributed by atoms with E-state index < -0.39 is 9.84 Å². The zero-order valence-corrected chi connectivity index (χ0v) is 11.5. The van der Waals surface area contributed by atoms with Crippen molar-refractivity contribution in [3.05, 3.63) is 30.0 Å². The summed E-state index contributed by atoms with van der Waals surface area (Å²) >= 11 is 0. The number of para-hydroxylation sites is 1. The Bertz CT molecular complexity index is 751. The summed E-state index contributed by atoms with van der Waals surface area (Å²) in [7, 11) is -2.99. The Labute approximate surface area is 116 Å². The molecule has 106 valence electrons. The fourth-order valence-electron chi connectivity index (χ4n) is 2.41. The number of amides is 1. The van der Waals surface area contributed by atoms with Crippen molar-refractivity contribution in [2.45, 2.75) is 18.9 Å². The van der Waals surface area contributed by atoms with Gasteiger partial charge in [0.25, 0.3) is 0 Å². The molecule has 1 N–H and O–H groups in total. The van der Waals surface area contributed by atoms with Crippen molar-refractivity contribution >= 4 is 26.7 Å². The van der Waals surface area contributed by atoms with Crippen LogP contribution >= 0.6 is 0 Å². The molecule has 6 nitrogen and oxygen atoms in total. The highest BCUT2D eigenvalue weighted by Gasteiger charge is 2.29. The Balaban J connectivity index is 1.67. The summed E-state index contributed by atoms with van der Waals surface area (Å²) in [5, 5.41) is 7.43. The molecule has 20 heavy (non-hydrogen) atoms. The lowest BCUT2D eigenvalue weighted by atomic mass is 10.1. The van der Waals surface area contributed by atoms with Gasteiger partial charge in [0.1, 0.15) is 5.69 Å². The molecule has 0 aliphatic carbocycles. The predicted molar refractivity (Wildman–Crippen MR) is 72.9 cm³/mol. The van der Waals surface area contributed by atoms with E-state index in [9.17, 15) is 13.2 Å². The first-order chi connectivity index (χ1) is 9.53. The number of benzene rings is 1. The number of hydrogen-bond acceptors (Lipinski definition) is 5. The highest BCUT2D eigenvalue weighted by molar-refractivity contribution is 7.91. The Hall–Kier alpha value is -1.89. The second-order valence-electron chi connectivity index (χ2n) is 4.97. The van der Waals surface area contributed by atoms with Crippen molar-refractivity contribution < 1.29 is 17.7 Å². The largest absolute Gasteiger partial charge is 0.356 e. The number of rotatable bonds is 3. The highest BCUT2D eigenvalue weighted by atomic mass is 32.2. The standard InChI is InChI=1S/C13H14N2O4S/c16-13(14-9-5-6-20(17,18)8-9)7-11-10-3-1-2-4-12(10)19-15-11/h1-4,9H,5-8H2,(H,14,16). The maximum absolute atomic E-state index is 11.9. The average Bonchev–Trinajstić information content (AvgIpc) is 2.94. The highest BCUT2D eigenvalue weighted by Crippen LogP contribution is 2.18. The summed E-state index contributed by atoms with van der Waals surface area (Å²) in [6.07, 6.45) is 0.571. The number of nitrogens with zero attached hydrogens (tertiary/aromatic N) is 1. The van der Waals surface area contributed by atoms with Crippen molar-refractivity contribution in [1.82, 2.24) is 10.5 Å². The maximum atomic E-state index is 11.9. The molecule has 7 heteroatoms. The molecule has 1 unspecified atom stereocenters. The van der Waals surface area contributed by atoms with Gasteiger partial charge in [-0.05, 0) is 18.6 Å². The molecule has 0 saturated carbocycles. The maximum Gasteiger partial charge on any atom is 0.226 e. The van der Waals surface area contributed by atoms with Gasteiger partial charge in [-0.1, -0.05) is 17.3 Å². The van der Waals surface area contributed by atoms with Gasteiger partial charge < -0.3 is 9.84 Å². The van der Waals surface area contributed by atoms with Crippen LogP contribution in [0.5, 0.6) is 0 Å². The Morgan fingerprint density at radius 3 is 2.95 bits per heavy atom. The van der Waals surface area contributed by atoms with Crippen LogP contribution in [0.1, 0.15) is 12.1 Å². The molecule has 1 aromatic carbocycles. The first-order valence-corrected chi connectivity index (χ1v) is 8.19. The molecule has 0 radical (unpaired) electrons. The van der Waals surface area contributed by atoms with E-state index in [0.717, 1.165) is 5.39 Å². The minimum absolute atomic E-state index is 0.0261. The number of fused-ring (bicyclic) bond motifs is 1. The van der Waals surface area contributed by atoms with Crippen molar-refractivity contribution in [3.8, 4) is 0 Å². The second kappa shape index (κ2) is 4.90. The molecule has 1 aliphatic rings. The number of carbonyl (C=O) groups excluding carboxylic acids is 1. The van der Waals surface area contributed by atoms with Crippen LogP contribution in [0, 0.1) is 0 Å². The SMILES string of the molecule is O=C(Cc1noc2ccccc12)NC1CCS(=O)(=O)C1. The molecule has 1 fully saturated rings. The van der Waals surface area contributed by atoms with E-state index in [1.54, 1.807) is 6.07 Å². The van der Waals surface area contributed by atoms with Gasteiger partial charge in [0.05, 0.1) is 17.9 Å². The number of hydrogen-bond donors (Lipinski definition) is 1. The van der Waals surface area contributed by atoms with Crippen LogP contribution in [0.2, 0.25) is 0 Å². The fourth-order valence-corrected chi connectivity index (χ4v) is 4.08. The van der Waals surface area contributed by atoms with Crippen molar-refractivity contribution in [3.63, 3.8) is 0 Å². The zero-order chi connectivity index (χ0) is 14.2. The van der Waals surface area contributed by atoms with Crippen molar-refractivity contribution in [2.75, 3.05) is 11.5 Å². The van der Waals surface area contributed by atoms with Crippen molar-refractivity contribution in [1.29, 1.82) is 0 Å². The number of aromatic nitrogens is 1. The van der Waals surface area contributed by atoms with Crippen LogP contribution in [0.25, 0.3) is 11.0 Å². The number of carbonyl (C=O) groups is 1. The predicted octanol–water partition coefficient (Wildman–Crippen LogP) is 0.674. The van der Waals surface area contributed by atoms with Gasteiger partial charge in [-0.15, -0.1) is 0 Å². The van der Waals surface area contributed by atoms with Crippen LogP contribution in [-0.4, -0.2) is 37.0 Å². The minimum Gasteiger partial charge on any atom is -0.356 e. The third-order valence-electron chi connectivity index (χ3n) is 3.38. The van der Waals surface area contributed by atoms with Crippen LogP contribution in [0.4, 0.5) is 0 Å². The van der Waals surface area contributed by atoms with E-state index in [1.165, 1.54) is 0 Å². The molecule has 3 rings (SSSR count). The van der Waals surface area contributed by atoms with E-state index >= 15 is 0 Å². The van der Waals surface area contributed by atoms with Gasteiger partial charge in [-0.3, -0.25) is 4.79 Å². The molecule has 1 amide bonds. The molecule has 2 aromatic rings. The summed E-state index contributed by atoms with van der Waals surface area (Å²) in [5.74, 6) is -0.0606. The van der Waals surface area contributed by atoms with Crippen LogP contribution in [-0.2, 0) is 21.1 Å². The van der Waals surface area contributed by atoms with Crippen LogP contribution in [0.3, 0.4) is 0 Å². The summed E-state index contributed by atoms with van der Waals surface area (Å²) in [5.41, 5.74) is 1.21. The fraction of sp³-hybridized carbons (Fsp3) is 0.385. The average molecular weight is 294 g/mol. The molecule has 1 atom stereocenters. The van der Waals surface area contributed by atoms with Gasteiger partial charge >= 0.3 is 0 Å². The molecule has 0 spiro atoms. The van der Waals surface area contributed by atoms with Gasteiger partial charge in [0.2, 0.25) is 5.91 Å². The van der Waals surface area contributed by atoms with E-state index in [2.05, 4.69) is 10.5 Å². The lowest BCUT2D eigenvalue weighted by Crippen LogP contribution is -2.36. The Morgan fingerprint density at radius 2 is 2.20 bits per heavy atom. The smallest absolute Gasteiger partial charge is 0.226 e. The van der Waals surface area contributed by atoms with E-state index in [-0.39, 0.29) is 29.9 Å². The van der Waals surface area contributed by atoms with Gasteiger partial charge in [-0.25, -0.2) is 8.42 Å². The van der Waals surface area contributed by atoms with Gasteiger partial charge in [0, 0.05) is 11.4 Å². The van der Waals surface area contributed by atoms with Crippen LogP contribution in [0.15, 0.2) is 28.8 Å². The van der Waals surface area contributed by atoms with E-state index in [1.807, 2.05) is 18.2 Å². The molecule has 0 bridgehead atoms. The van der Waals surface area contributed by atoms with E-state index in [4.69, 9.17) is 4.52 Å². The quantitative estimate of drug-likeness (QED) is 0.899. The first-order valence-electron chi connectivity index (χ1n) is 6.36. The van der Waals surface area contributed by atoms with E-state index in [0.29, 0.717) is 17.7 Å². The lowest BCUT2D eigenvalue weighted by Gasteiger charge is -2.09. The molecule has 1 aromatic heterocycles. The third kappa shape index (κ3) is 2.67. The molecule has 1 saturated heterocycles. The molecular formula is C13H14N2O4S. The molecule has 1 aliphatic heterocycles. The topological polar surface area (TPSA) is 89.3 Å². The molecule has 2 heterocycles.